The highest BCUT2D eigenvalue weighted by Gasteiger charge is 2.50. The third kappa shape index (κ3) is 7.18. The number of anilines is 4. The topological polar surface area (TPSA) is 140 Å². The molecule has 3 amide bonds. The number of benzene rings is 2. The molecule has 60 heavy (non-hydrogen) atoms. The lowest BCUT2D eigenvalue weighted by Gasteiger charge is -2.54. The molecule has 2 aromatic carbocycles. The highest BCUT2D eigenvalue weighted by molar-refractivity contribution is 6.31. The summed E-state index contributed by atoms with van der Waals surface area (Å²) in [4.78, 5) is 51.1. The van der Waals surface area contributed by atoms with Crippen molar-refractivity contribution in [1.82, 2.24) is 35.1 Å². The molecule has 1 spiro atoms. The van der Waals surface area contributed by atoms with Crippen LogP contribution in [0.25, 0.3) is 16.9 Å². The molecule has 4 aliphatic rings. The normalized spacial score (nSPS) is 19.3. The first-order valence-electron chi connectivity index (χ1n) is 20.2. The second-order valence-electron chi connectivity index (χ2n) is 16.3. The third-order valence-electron chi connectivity index (χ3n) is 12.6. The number of pyridine rings is 1. The lowest BCUT2D eigenvalue weighted by atomic mass is 9.67. The van der Waals surface area contributed by atoms with E-state index in [0.717, 1.165) is 53.3 Å². The summed E-state index contributed by atoms with van der Waals surface area (Å²) >= 11 is 6.39. The zero-order valence-corrected chi connectivity index (χ0v) is 33.9. The molecule has 3 N–H and O–H groups in total. The smallest absolute Gasteiger partial charge is 0.385 e. The maximum absolute atomic E-state index is 14.7. The van der Waals surface area contributed by atoms with E-state index in [1.165, 1.54) is 24.4 Å². The fraction of sp³-hybridized carbons (Fsp3) is 0.395. The number of fused-ring (bicyclic) bond motifs is 2. The van der Waals surface area contributed by atoms with Crippen LogP contribution in [0.4, 0.5) is 36.1 Å². The van der Waals surface area contributed by atoms with E-state index in [1.54, 1.807) is 11.6 Å². The molecule has 312 valence electrons. The second kappa shape index (κ2) is 15.4. The van der Waals surface area contributed by atoms with Crippen molar-refractivity contribution in [2.45, 2.75) is 69.8 Å². The van der Waals surface area contributed by atoms with Crippen LogP contribution in [0.5, 0.6) is 0 Å². The first-order valence-corrected chi connectivity index (χ1v) is 20.6. The van der Waals surface area contributed by atoms with Gasteiger partial charge < -0.3 is 15.5 Å². The highest BCUT2D eigenvalue weighted by Crippen LogP contribution is 2.48. The fourth-order valence-corrected chi connectivity index (χ4v) is 9.96. The summed E-state index contributed by atoms with van der Waals surface area (Å²) < 4.78 is 45.7. The maximum atomic E-state index is 14.7. The predicted molar refractivity (Wildman–Crippen MR) is 221 cm³/mol. The molecule has 3 fully saturated rings. The van der Waals surface area contributed by atoms with Crippen molar-refractivity contribution >= 4 is 57.8 Å². The number of aromatic nitrogens is 4. The molecule has 1 unspecified atom stereocenters. The number of amides is 3. The Kier molecular flexibility index (Phi) is 10.2. The number of hydrogen-bond donors (Lipinski definition) is 3. The van der Waals surface area contributed by atoms with E-state index in [9.17, 15) is 27.6 Å². The number of piperidine rings is 1. The van der Waals surface area contributed by atoms with Crippen LogP contribution in [0.15, 0.2) is 67.0 Å². The predicted octanol–water partition coefficient (Wildman–Crippen LogP) is 6.83. The Hall–Kier alpha value is -5.74. The van der Waals surface area contributed by atoms with Gasteiger partial charge in [-0.15, -0.1) is 5.10 Å². The summed E-state index contributed by atoms with van der Waals surface area (Å²) in [6, 6.07) is 15.7. The number of imide groups is 1. The van der Waals surface area contributed by atoms with Crippen molar-refractivity contribution in [2.75, 3.05) is 48.8 Å². The lowest BCUT2D eigenvalue weighted by Crippen LogP contribution is -2.59. The molecule has 13 nitrogen and oxygen atoms in total. The molecule has 3 aliphatic heterocycles. The molecule has 6 heterocycles. The molecule has 5 aromatic rings. The molecule has 0 bridgehead atoms. The second-order valence-corrected chi connectivity index (χ2v) is 16.7. The van der Waals surface area contributed by atoms with Gasteiger partial charge in [-0.2, -0.15) is 13.2 Å². The standard InChI is InChI=1S/C43H44ClF3N10O3/c1-48-34-19-37(53-57-36(41(60)49-2)21-51-39(34)57)55-17-14-29-28(4-3-5-35(29)55)33-10-6-25(20-50-33)22-54-23-42(24-54)15-12-26(13-16-42)56(43(45,46)47)27-7-9-32(44)31(18-27)30-8-11-38(58)52-40(30)59/h3-7,9-10,18-21,26,30,48H,8,11-17,22-24H2,1-2H3,(H,49,60)(H,52,58,59). The van der Waals surface area contributed by atoms with Gasteiger partial charge in [0.1, 0.15) is 0 Å². The Morgan fingerprint density at radius 1 is 1.00 bits per heavy atom. The van der Waals surface area contributed by atoms with Gasteiger partial charge in [-0.25, -0.2) is 9.50 Å². The van der Waals surface area contributed by atoms with Gasteiger partial charge in [-0.3, -0.25) is 34.5 Å². The fourth-order valence-electron chi connectivity index (χ4n) is 9.71. The van der Waals surface area contributed by atoms with Crippen molar-refractivity contribution in [3.8, 4) is 11.3 Å². The maximum Gasteiger partial charge on any atom is 0.485 e. The molecule has 1 saturated carbocycles. The highest BCUT2D eigenvalue weighted by atomic mass is 35.5. The van der Waals surface area contributed by atoms with E-state index in [1.807, 2.05) is 31.4 Å². The number of nitrogens with zero attached hydrogens (tertiary/aromatic N) is 7. The van der Waals surface area contributed by atoms with Crippen molar-refractivity contribution < 1.29 is 27.6 Å². The number of carbonyl (C=O) groups is 3. The molecule has 3 aromatic heterocycles. The lowest BCUT2D eigenvalue weighted by molar-refractivity contribution is -0.140. The summed E-state index contributed by atoms with van der Waals surface area (Å²) in [6.07, 6.45) is 2.03. The SMILES string of the molecule is CNC(=O)c1cnc2c(NC)cc(N3CCc4c(-c5ccc(CN6CC7(CCC(N(c8ccc(Cl)c(C9CCC(=O)NC9=O)c8)C(F)(F)F)CC7)C6)cn5)cccc43)nn12. The van der Waals surface area contributed by atoms with E-state index in [4.69, 9.17) is 21.7 Å². The number of carbonyl (C=O) groups excluding carboxylic acids is 3. The molecule has 1 aliphatic carbocycles. The molecule has 0 radical (unpaired) electrons. The molecule has 17 heteroatoms. The Balaban J connectivity index is 0.842. The summed E-state index contributed by atoms with van der Waals surface area (Å²) in [5.41, 5.74) is 7.07. The summed E-state index contributed by atoms with van der Waals surface area (Å²) in [5.74, 6) is -1.31. The zero-order chi connectivity index (χ0) is 41.9. The number of hydrogen-bond acceptors (Lipinski definition) is 10. The van der Waals surface area contributed by atoms with Gasteiger partial charge in [0.25, 0.3) is 5.91 Å². The zero-order valence-electron chi connectivity index (χ0n) is 33.2. The van der Waals surface area contributed by atoms with Crippen LogP contribution in [0, 0.1) is 5.41 Å². The van der Waals surface area contributed by atoms with E-state index >= 15 is 0 Å². The van der Waals surface area contributed by atoms with Crippen LogP contribution in [-0.4, -0.2) is 88.3 Å². The van der Waals surface area contributed by atoms with Crippen LogP contribution in [0.3, 0.4) is 0 Å². The van der Waals surface area contributed by atoms with Gasteiger partial charge in [-0.05, 0) is 91.0 Å². The minimum absolute atomic E-state index is 0.0231. The Morgan fingerprint density at radius 3 is 2.50 bits per heavy atom. The Morgan fingerprint density at radius 2 is 1.80 bits per heavy atom. The average Bonchev–Trinajstić information content (AvgIpc) is 3.86. The van der Waals surface area contributed by atoms with Gasteiger partial charge >= 0.3 is 6.30 Å². The Bertz CT molecular complexity index is 2490. The largest absolute Gasteiger partial charge is 0.485 e. The van der Waals surface area contributed by atoms with Crippen molar-refractivity contribution in [2.24, 2.45) is 5.41 Å². The van der Waals surface area contributed by atoms with E-state index in [0.29, 0.717) is 66.4 Å². The van der Waals surface area contributed by atoms with E-state index in [-0.39, 0.29) is 34.9 Å². The van der Waals surface area contributed by atoms with E-state index in [2.05, 4.69) is 48.9 Å². The van der Waals surface area contributed by atoms with Gasteiger partial charge in [0, 0.05) is 87.0 Å². The van der Waals surface area contributed by atoms with Crippen LogP contribution in [-0.2, 0) is 22.6 Å². The monoisotopic (exact) mass is 840 g/mol. The number of alkyl halides is 3. The van der Waals surface area contributed by atoms with Gasteiger partial charge in [0.05, 0.1) is 23.5 Å². The molecule has 9 rings (SSSR count). The number of halogens is 4. The molecular formula is C43H44ClF3N10O3. The minimum Gasteiger partial charge on any atom is -0.385 e. The number of nitrogens with one attached hydrogen (secondary N) is 3. The summed E-state index contributed by atoms with van der Waals surface area (Å²) in [5, 5.41) is 13.1. The molecule has 2 saturated heterocycles. The van der Waals surface area contributed by atoms with Crippen LogP contribution >= 0.6 is 11.6 Å². The van der Waals surface area contributed by atoms with Gasteiger partial charge in [0.2, 0.25) is 11.8 Å². The third-order valence-corrected chi connectivity index (χ3v) is 13.0. The van der Waals surface area contributed by atoms with Crippen LogP contribution in [0.2, 0.25) is 5.02 Å². The van der Waals surface area contributed by atoms with Crippen molar-refractivity contribution in [3.05, 3.63) is 94.4 Å². The molecule has 1 atom stereocenters. The minimum atomic E-state index is -4.63. The van der Waals surface area contributed by atoms with Crippen LogP contribution in [0.1, 0.15) is 71.6 Å². The number of imidazole rings is 1. The number of rotatable bonds is 9. The number of likely N-dealkylation sites (tertiary alicyclic amines) is 1. The molecular weight excluding hydrogens is 797 g/mol. The van der Waals surface area contributed by atoms with Crippen LogP contribution < -0.4 is 25.8 Å². The van der Waals surface area contributed by atoms with E-state index < -0.39 is 30.1 Å². The van der Waals surface area contributed by atoms with Crippen molar-refractivity contribution in [1.29, 1.82) is 0 Å². The van der Waals surface area contributed by atoms with Gasteiger partial charge in [-0.1, -0.05) is 29.8 Å². The van der Waals surface area contributed by atoms with Gasteiger partial charge in [0.15, 0.2) is 17.2 Å². The summed E-state index contributed by atoms with van der Waals surface area (Å²) in [6.45, 7) is 3.04. The van der Waals surface area contributed by atoms with Crippen molar-refractivity contribution in [3.63, 3.8) is 0 Å². The average molecular weight is 841 g/mol. The Labute approximate surface area is 349 Å². The first-order chi connectivity index (χ1) is 28.8. The first kappa shape index (κ1) is 39.7. The quantitative estimate of drug-likeness (QED) is 0.107. The summed E-state index contributed by atoms with van der Waals surface area (Å²) in [7, 11) is 3.39.